The summed E-state index contributed by atoms with van der Waals surface area (Å²) in [6, 6.07) is 27.1. The first-order valence-corrected chi connectivity index (χ1v) is 9.09. The summed E-state index contributed by atoms with van der Waals surface area (Å²) in [7, 11) is 0. The molecule has 0 spiro atoms. The van der Waals surface area contributed by atoms with Crippen molar-refractivity contribution in [2.45, 2.75) is 6.54 Å². The molecule has 5 rings (SSSR count). The van der Waals surface area contributed by atoms with Gasteiger partial charge in [0.25, 0.3) is 0 Å². The van der Waals surface area contributed by atoms with E-state index in [1.165, 1.54) is 4.40 Å². The van der Waals surface area contributed by atoms with E-state index in [1.807, 2.05) is 84.9 Å². The molecule has 0 atom stereocenters. The lowest BCUT2D eigenvalue weighted by Gasteiger charge is -2.09. The summed E-state index contributed by atoms with van der Waals surface area (Å²) in [5.74, 6) is 0. The molecule has 0 saturated heterocycles. The van der Waals surface area contributed by atoms with E-state index in [2.05, 4.69) is 4.98 Å². The van der Waals surface area contributed by atoms with E-state index in [0.29, 0.717) is 17.6 Å². The Balaban J connectivity index is 1.95. The van der Waals surface area contributed by atoms with Gasteiger partial charge in [-0.3, -0.25) is 4.57 Å². The zero-order chi connectivity index (χ0) is 19.1. The molecule has 0 saturated carbocycles. The van der Waals surface area contributed by atoms with Gasteiger partial charge in [0.15, 0.2) is 0 Å². The molecule has 0 aliphatic heterocycles. The summed E-state index contributed by atoms with van der Waals surface area (Å²) in [4.78, 5) is 28.9. The first-order valence-electron chi connectivity index (χ1n) is 9.09. The Kier molecular flexibility index (Phi) is 3.72. The molecule has 2 aromatic heterocycles. The van der Waals surface area contributed by atoms with E-state index in [1.54, 1.807) is 4.57 Å². The number of rotatable bonds is 3. The molecule has 28 heavy (non-hydrogen) atoms. The zero-order valence-corrected chi connectivity index (χ0v) is 15.0. The minimum atomic E-state index is -0.428. The average Bonchev–Trinajstić information content (AvgIpc) is 3.03. The topological polar surface area (TPSA) is 59.3 Å². The molecule has 136 valence electrons. The molecule has 0 aliphatic rings. The van der Waals surface area contributed by atoms with Crippen LogP contribution in [0.2, 0.25) is 0 Å². The number of H-pyrrole nitrogens is 1. The van der Waals surface area contributed by atoms with Crippen LogP contribution in [0.15, 0.2) is 94.5 Å². The van der Waals surface area contributed by atoms with Crippen molar-refractivity contribution < 1.29 is 0 Å². The third-order valence-corrected chi connectivity index (χ3v) is 5.00. The number of fused-ring (bicyclic) bond motifs is 3. The summed E-state index contributed by atoms with van der Waals surface area (Å²) in [6.07, 6.45) is 0. The van der Waals surface area contributed by atoms with Gasteiger partial charge in [-0.1, -0.05) is 78.9 Å². The van der Waals surface area contributed by atoms with Gasteiger partial charge in [0.2, 0.25) is 0 Å². The highest BCUT2D eigenvalue weighted by Gasteiger charge is 2.20. The normalized spacial score (nSPS) is 11.3. The molecule has 0 unspecified atom stereocenters. The number of hydrogen-bond acceptors (Lipinski definition) is 2. The first-order chi connectivity index (χ1) is 13.7. The molecule has 3 aromatic carbocycles. The fourth-order valence-electron chi connectivity index (χ4n) is 3.75. The molecule has 0 radical (unpaired) electrons. The molecule has 5 nitrogen and oxygen atoms in total. The van der Waals surface area contributed by atoms with Crippen LogP contribution in [-0.2, 0) is 6.54 Å². The molecule has 0 amide bonds. The lowest BCUT2D eigenvalue weighted by molar-refractivity contribution is 0.747. The minimum Gasteiger partial charge on any atom is -0.306 e. The van der Waals surface area contributed by atoms with Crippen molar-refractivity contribution in [2.24, 2.45) is 0 Å². The maximum absolute atomic E-state index is 13.3. The predicted octanol–water partition coefficient (Wildman–Crippen LogP) is 3.66. The van der Waals surface area contributed by atoms with Crippen molar-refractivity contribution in [3.8, 4) is 11.3 Å². The maximum atomic E-state index is 13.3. The Morgan fingerprint density at radius 3 is 2.14 bits per heavy atom. The molecule has 2 heterocycles. The van der Waals surface area contributed by atoms with Crippen molar-refractivity contribution >= 4 is 16.4 Å². The van der Waals surface area contributed by atoms with Crippen LogP contribution in [0.25, 0.3) is 27.7 Å². The standard InChI is InChI=1S/C23H17N3O2/c27-22-24-19-14-8-7-13-18(19)21-20(17-11-5-2-6-12-17)25(23(28)26(21)22)15-16-9-3-1-4-10-16/h1-14H,15H2,(H,24,27). The second-order valence-electron chi connectivity index (χ2n) is 6.73. The first kappa shape index (κ1) is 16.3. The van der Waals surface area contributed by atoms with E-state index >= 15 is 0 Å². The smallest absolute Gasteiger partial charge is 0.306 e. The number of benzene rings is 3. The maximum Gasteiger partial charge on any atom is 0.337 e. The summed E-state index contributed by atoms with van der Waals surface area (Å²) in [5.41, 5.74) is 3.21. The Morgan fingerprint density at radius 2 is 1.39 bits per heavy atom. The van der Waals surface area contributed by atoms with E-state index in [9.17, 15) is 9.59 Å². The Labute approximate surface area is 160 Å². The molecular formula is C23H17N3O2. The van der Waals surface area contributed by atoms with Crippen LogP contribution in [0.1, 0.15) is 5.56 Å². The predicted molar refractivity (Wildman–Crippen MR) is 111 cm³/mol. The van der Waals surface area contributed by atoms with E-state index in [0.717, 1.165) is 22.2 Å². The van der Waals surface area contributed by atoms with Gasteiger partial charge in [-0.05, 0) is 11.6 Å². The van der Waals surface area contributed by atoms with Crippen LogP contribution in [0.3, 0.4) is 0 Å². The Bertz CT molecular complexity index is 1410. The average molecular weight is 367 g/mol. The van der Waals surface area contributed by atoms with Crippen molar-refractivity contribution in [2.75, 3.05) is 0 Å². The fourth-order valence-corrected chi connectivity index (χ4v) is 3.75. The largest absolute Gasteiger partial charge is 0.337 e. The van der Waals surface area contributed by atoms with Gasteiger partial charge in [-0.2, -0.15) is 0 Å². The molecule has 0 bridgehead atoms. The summed E-state index contributed by atoms with van der Waals surface area (Å²) in [6.45, 7) is 0.388. The number of para-hydroxylation sites is 1. The summed E-state index contributed by atoms with van der Waals surface area (Å²) < 4.78 is 2.93. The van der Waals surface area contributed by atoms with Crippen LogP contribution in [0.4, 0.5) is 0 Å². The highest BCUT2D eigenvalue weighted by Crippen LogP contribution is 2.28. The summed E-state index contributed by atoms with van der Waals surface area (Å²) >= 11 is 0. The van der Waals surface area contributed by atoms with Gasteiger partial charge in [0, 0.05) is 10.9 Å². The SMILES string of the molecule is O=c1[nH]c2ccccc2c2c(-c3ccccc3)n(Cc3ccccc3)c(=O)n12. The third kappa shape index (κ3) is 2.48. The van der Waals surface area contributed by atoms with Crippen molar-refractivity contribution in [3.05, 3.63) is 111 Å². The zero-order valence-electron chi connectivity index (χ0n) is 15.0. The van der Waals surface area contributed by atoms with Crippen LogP contribution in [0, 0.1) is 0 Å². The number of imidazole rings is 1. The number of aromatic nitrogens is 3. The van der Waals surface area contributed by atoms with Gasteiger partial charge in [0.1, 0.15) is 0 Å². The summed E-state index contributed by atoms with van der Waals surface area (Å²) in [5, 5.41) is 0.838. The number of hydrogen-bond donors (Lipinski definition) is 1. The van der Waals surface area contributed by atoms with Crippen LogP contribution < -0.4 is 11.4 Å². The van der Waals surface area contributed by atoms with Gasteiger partial charge in [0.05, 0.1) is 23.3 Å². The van der Waals surface area contributed by atoms with Crippen LogP contribution in [0.5, 0.6) is 0 Å². The van der Waals surface area contributed by atoms with Gasteiger partial charge >= 0.3 is 11.4 Å². The number of aromatic amines is 1. The third-order valence-electron chi connectivity index (χ3n) is 5.00. The highest BCUT2D eigenvalue weighted by molar-refractivity contribution is 6.00. The Morgan fingerprint density at radius 1 is 0.750 bits per heavy atom. The quantitative estimate of drug-likeness (QED) is 0.529. The highest BCUT2D eigenvalue weighted by atomic mass is 16.2. The van der Waals surface area contributed by atoms with Crippen LogP contribution >= 0.6 is 0 Å². The van der Waals surface area contributed by atoms with Gasteiger partial charge in [-0.15, -0.1) is 0 Å². The van der Waals surface area contributed by atoms with Gasteiger partial charge < -0.3 is 4.98 Å². The number of nitrogens with one attached hydrogen (secondary N) is 1. The minimum absolute atomic E-state index is 0.343. The second kappa shape index (κ2) is 6.39. The molecule has 5 aromatic rings. The van der Waals surface area contributed by atoms with Crippen LogP contribution in [-0.4, -0.2) is 14.0 Å². The lowest BCUT2D eigenvalue weighted by Crippen LogP contribution is -2.30. The fraction of sp³-hybridized carbons (Fsp3) is 0.0435. The Hall–Kier alpha value is -3.86. The lowest BCUT2D eigenvalue weighted by atomic mass is 10.1. The second-order valence-corrected chi connectivity index (χ2v) is 6.73. The van der Waals surface area contributed by atoms with Crippen molar-refractivity contribution in [3.63, 3.8) is 0 Å². The van der Waals surface area contributed by atoms with E-state index in [4.69, 9.17) is 0 Å². The van der Waals surface area contributed by atoms with Crippen molar-refractivity contribution in [1.29, 1.82) is 0 Å². The van der Waals surface area contributed by atoms with E-state index < -0.39 is 5.69 Å². The molecule has 0 aliphatic carbocycles. The molecule has 1 N–H and O–H groups in total. The molecule has 5 heteroatoms. The van der Waals surface area contributed by atoms with Gasteiger partial charge in [-0.25, -0.2) is 14.0 Å². The van der Waals surface area contributed by atoms with E-state index in [-0.39, 0.29) is 5.69 Å². The molecule has 0 fully saturated rings. The molecular weight excluding hydrogens is 350 g/mol. The number of nitrogens with zero attached hydrogens (tertiary/aromatic N) is 2. The van der Waals surface area contributed by atoms with Crippen molar-refractivity contribution in [1.82, 2.24) is 14.0 Å². The monoisotopic (exact) mass is 367 g/mol.